The van der Waals surface area contributed by atoms with Gasteiger partial charge in [0, 0.05) is 30.8 Å². The van der Waals surface area contributed by atoms with Crippen LogP contribution < -0.4 is 14.6 Å². The number of hydrogen-bond acceptors (Lipinski definition) is 8. The Morgan fingerprint density at radius 1 is 1.03 bits per heavy atom. The van der Waals surface area contributed by atoms with Gasteiger partial charge in [-0.3, -0.25) is 0 Å². The van der Waals surface area contributed by atoms with Crippen molar-refractivity contribution in [2.75, 3.05) is 49.1 Å². The molecule has 1 aromatic heterocycles. The fourth-order valence-electron chi connectivity index (χ4n) is 4.97. The van der Waals surface area contributed by atoms with Gasteiger partial charge < -0.3 is 14.4 Å². The molecule has 2 aromatic carbocycles. The molecular weight excluding hydrogens is 529 g/mol. The van der Waals surface area contributed by atoms with Gasteiger partial charge in [-0.05, 0) is 59.7 Å². The highest BCUT2D eigenvalue weighted by molar-refractivity contribution is 7.98. The Hall–Kier alpha value is -2.52. The minimum Gasteiger partial charge on any atom is -0.497 e. The van der Waals surface area contributed by atoms with E-state index in [9.17, 15) is 0 Å². The van der Waals surface area contributed by atoms with E-state index in [2.05, 4.69) is 4.90 Å². The second-order valence-electron chi connectivity index (χ2n) is 9.19. The molecule has 37 heavy (non-hydrogen) atoms. The van der Waals surface area contributed by atoms with Crippen LogP contribution in [0.2, 0.25) is 10.0 Å². The first-order chi connectivity index (χ1) is 18.1. The number of nitrogens with zero attached hydrogens (tertiary/aromatic N) is 5. The first-order valence-corrected chi connectivity index (χ1v) is 14.3. The van der Waals surface area contributed by atoms with Crippen LogP contribution in [0.4, 0.5) is 11.8 Å². The molecule has 1 fully saturated rings. The first-order valence-electron chi connectivity index (χ1n) is 12.4. The first kappa shape index (κ1) is 24.8. The predicted molar refractivity (Wildman–Crippen MR) is 151 cm³/mol. The Morgan fingerprint density at radius 3 is 2.59 bits per heavy atom. The summed E-state index contributed by atoms with van der Waals surface area (Å²) in [6, 6.07) is 13.7. The second-order valence-corrected chi connectivity index (χ2v) is 11.1. The molecule has 4 heterocycles. The molecular formula is C27H27Cl2N5O2S. The zero-order valence-corrected chi connectivity index (χ0v) is 22.8. The molecule has 0 bridgehead atoms. The lowest BCUT2D eigenvalue weighted by molar-refractivity contribution is 0.122. The van der Waals surface area contributed by atoms with Gasteiger partial charge in [0.1, 0.15) is 11.6 Å². The molecule has 0 N–H and O–H groups in total. The van der Waals surface area contributed by atoms with E-state index in [1.54, 1.807) is 7.11 Å². The van der Waals surface area contributed by atoms with Gasteiger partial charge in [0.15, 0.2) is 0 Å². The number of hydrogen-bond donors (Lipinski definition) is 0. The van der Waals surface area contributed by atoms with Gasteiger partial charge in [0.05, 0.1) is 47.8 Å². The Balaban J connectivity index is 1.45. The Labute approximate surface area is 230 Å². The number of fused-ring (bicyclic) bond motifs is 1. The second kappa shape index (κ2) is 10.7. The van der Waals surface area contributed by atoms with E-state index in [0.717, 1.165) is 65.1 Å². The number of methoxy groups -OCH3 is 1. The van der Waals surface area contributed by atoms with Crippen molar-refractivity contribution in [2.24, 2.45) is 5.10 Å². The minimum atomic E-state index is -0.111. The minimum absolute atomic E-state index is 0.111. The fourth-order valence-corrected chi connectivity index (χ4v) is 6.26. The maximum atomic E-state index is 6.44. The molecule has 1 unspecified atom stereocenters. The van der Waals surface area contributed by atoms with Gasteiger partial charge in [0.2, 0.25) is 5.95 Å². The van der Waals surface area contributed by atoms with Crippen LogP contribution in [0.3, 0.4) is 0 Å². The third-order valence-corrected chi connectivity index (χ3v) is 8.69. The molecule has 10 heteroatoms. The van der Waals surface area contributed by atoms with Gasteiger partial charge in [0.25, 0.3) is 0 Å². The van der Waals surface area contributed by atoms with Crippen LogP contribution in [0, 0.1) is 0 Å². The molecule has 7 nitrogen and oxygen atoms in total. The maximum Gasteiger partial charge on any atom is 0.249 e. The van der Waals surface area contributed by atoms with E-state index >= 15 is 0 Å². The summed E-state index contributed by atoms with van der Waals surface area (Å²) in [5, 5.41) is 8.11. The lowest BCUT2D eigenvalue weighted by Gasteiger charge is -2.32. The zero-order chi connectivity index (χ0) is 25.4. The number of aryl methyl sites for hydroxylation is 1. The highest BCUT2D eigenvalue weighted by atomic mass is 35.5. The summed E-state index contributed by atoms with van der Waals surface area (Å²) in [5.74, 6) is 4.43. The lowest BCUT2D eigenvalue weighted by atomic mass is 9.98. The summed E-state index contributed by atoms with van der Waals surface area (Å²) in [6.45, 7) is 3.06. The molecule has 1 atom stereocenters. The highest BCUT2D eigenvalue weighted by Gasteiger charge is 2.34. The molecule has 3 aromatic rings. The summed E-state index contributed by atoms with van der Waals surface area (Å²) in [4.78, 5) is 12.6. The number of rotatable bonds is 5. The maximum absolute atomic E-state index is 6.44. The molecule has 3 aliphatic rings. The summed E-state index contributed by atoms with van der Waals surface area (Å²) < 4.78 is 11.0. The van der Waals surface area contributed by atoms with Crippen molar-refractivity contribution in [3.05, 3.63) is 74.9 Å². The van der Waals surface area contributed by atoms with E-state index < -0.39 is 0 Å². The molecule has 6 rings (SSSR count). The molecule has 0 saturated carbocycles. The van der Waals surface area contributed by atoms with E-state index in [-0.39, 0.29) is 6.04 Å². The fraction of sp³-hybridized carbons (Fsp3) is 0.370. The smallest absolute Gasteiger partial charge is 0.249 e. The highest BCUT2D eigenvalue weighted by Crippen LogP contribution is 2.40. The van der Waals surface area contributed by atoms with Gasteiger partial charge in [-0.25, -0.2) is 9.99 Å². The van der Waals surface area contributed by atoms with Gasteiger partial charge >= 0.3 is 0 Å². The average Bonchev–Trinajstić information content (AvgIpc) is 3.40. The standard InChI is InChI=1S/C27H27Cl2N5O2S/c1-35-19-5-2-17(3-6-19)24-15-25(18-4-7-21(28)22(29)14-18)34(32-24)27-30-23-8-13-37-16-20(23)26(31-27)33-9-11-36-12-10-33/h2-7,14,25H,8-13,15-16H2,1H3. The average molecular weight is 557 g/mol. The van der Waals surface area contributed by atoms with E-state index in [1.165, 1.54) is 5.56 Å². The van der Waals surface area contributed by atoms with Crippen molar-refractivity contribution >= 4 is 52.4 Å². The Kier molecular flexibility index (Phi) is 7.16. The van der Waals surface area contributed by atoms with Gasteiger partial charge in [-0.2, -0.15) is 21.8 Å². The molecule has 0 spiro atoms. The van der Waals surface area contributed by atoms with Crippen molar-refractivity contribution in [1.82, 2.24) is 9.97 Å². The number of anilines is 2. The molecule has 3 aliphatic heterocycles. The van der Waals surface area contributed by atoms with Crippen LogP contribution in [0.5, 0.6) is 5.75 Å². The summed E-state index contributed by atoms with van der Waals surface area (Å²) >= 11 is 14.6. The van der Waals surface area contributed by atoms with E-state index in [1.807, 2.05) is 59.2 Å². The summed E-state index contributed by atoms with van der Waals surface area (Å²) in [6.07, 6.45) is 1.61. The number of benzene rings is 2. The number of aromatic nitrogens is 2. The quantitative estimate of drug-likeness (QED) is 0.395. The van der Waals surface area contributed by atoms with Crippen LogP contribution in [0.15, 0.2) is 47.6 Å². The number of ether oxygens (including phenoxy) is 2. The van der Waals surface area contributed by atoms with Crippen molar-refractivity contribution < 1.29 is 9.47 Å². The monoisotopic (exact) mass is 555 g/mol. The van der Waals surface area contributed by atoms with Crippen molar-refractivity contribution in [1.29, 1.82) is 0 Å². The normalized spacial score (nSPS) is 19.5. The number of hydrazone groups is 1. The van der Waals surface area contributed by atoms with Crippen LogP contribution in [0.25, 0.3) is 0 Å². The van der Waals surface area contributed by atoms with Gasteiger partial charge in [-0.15, -0.1) is 0 Å². The Bertz CT molecular complexity index is 1330. The van der Waals surface area contributed by atoms with E-state index in [4.69, 9.17) is 47.7 Å². The number of halogens is 2. The molecule has 0 amide bonds. The molecule has 0 aliphatic carbocycles. The van der Waals surface area contributed by atoms with E-state index in [0.29, 0.717) is 35.6 Å². The molecule has 192 valence electrons. The van der Waals surface area contributed by atoms with Crippen LogP contribution in [0.1, 0.15) is 34.8 Å². The summed E-state index contributed by atoms with van der Waals surface area (Å²) in [5.41, 5.74) is 5.38. The largest absolute Gasteiger partial charge is 0.497 e. The zero-order valence-electron chi connectivity index (χ0n) is 20.5. The third kappa shape index (κ3) is 5.00. The molecule has 0 radical (unpaired) electrons. The topological polar surface area (TPSA) is 63.1 Å². The van der Waals surface area contributed by atoms with Crippen LogP contribution >= 0.6 is 35.0 Å². The van der Waals surface area contributed by atoms with Crippen molar-refractivity contribution in [3.63, 3.8) is 0 Å². The number of thioether (sulfide) groups is 1. The van der Waals surface area contributed by atoms with Gasteiger partial charge in [-0.1, -0.05) is 29.3 Å². The van der Waals surface area contributed by atoms with Crippen molar-refractivity contribution in [3.8, 4) is 5.75 Å². The van der Waals surface area contributed by atoms with Crippen LogP contribution in [-0.4, -0.2) is 54.8 Å². The third-order valence-electron chi connectivity index (χ3n) is 6.97. The molecule has 1 saturated heterocycles. The number of morpholine rings is 1. The van der Waals surface area contributed by atoms with Crippen LogP contribution in [-0.2, 0) is 16.9 Å². The predicted octanol–water partition coefficient (Wildman–Crippen LogP) is 5.77. The Morgan fingerprint density at radius 2 is 1.84 bits per heavy atom. The SMILES string of the molecule is COc1ccc(C2=NN(c3nc4c(c(N5CCOCC5)n3)CSCC4)C(c3ccc(Cl)c(Cl)c3)C2)cc1. The lowest BCUT2D eigenvalue weighted by Crippen LogP contribution is -2.38. The summed E-state index contributed by atoms with van der Waals surface area (Å²) in [7, 11) is 1.67. The van der Waals surface area contributed by atoms with Crippen molar-refractivity contribution in [2.45, 2.75) is 24.6 Å².